The summed E-state index contributed by atoms with van der Waals surface area (Å²) < 4.78 is 15.8. The van der Waals surface area contributed by atoms with E-state index in [4.69, 9.17) is 9.79 Å². The average molecular weight is 618 g/mol. The van der Waals surface area contributed by atoms with Crippen LogP contribution in [0, 0.1) is 0 Å². The van der Waals surface area contributed by atoms with Gasteiger partial charge in [-0.3, -0.25) is 9.32 Å². The summed E-state index contributed by atoms with van der Waals surface area (Å²) in [5.74, 6) is -0.226. The van der Waals surface area contributed by atoms with E-state index < -0.39 is 26.6 Å². The number of unbranched alkanes of at least 4 members (excludes halogenated alkanes) is 23. The number of phosphoric acid groups is 1. The first-order valence-corrected chi connectivity index (χ1v) is 19.2. The minimum absolute atomic E-state index is 0.226. The number of amides is 1. The zero-order valence-electron chi connectivity index (χ0n) is 27.4. The molecular weight excluding hydrogens is 549 g/mol. The van der Waals surface area contributed by atoms with E-state index in [9.17, 15) is 14.5 Å². The number of phosphoric ester groups is 1. The van der Waals surface area contributed by atoms with Crippen LogP contribution in [0.2, 0.25) is 0 Å². The molecule has 0 aromatic rings. The van der Waals surface area contributed by atoms with Gasteiger partial charge in [-0.05, 0) is 19.3 Å². The maximum Gasteiger partial charge on any atom is 0.469 e. The molecule has 8 heteroatoms. The van der Waals surface area contributed by atoms with Crippen molar-refractivity contribution in [2.45, 2.75) is 193 Å². The molecule has 0 radical (unpaired) electrons. The largest absolute Gasteiger partial charge is 0.469 e. The monoisotopic (exact) mass is 617 g/mol. The fourth-order valence-corrected chi connectivity index (χ4v) is 5.64. The topological polar surface area (TPSA) is 116 Å². The summed E-state index contributed by atoms with van der Waals surface area (Å²) >= 11 is 0. The van der Waals surface area contributed by atoms with Gasteiger partial charge >= 0.3 is 7.82 Å². The van der Waals surface area contributed by atoms with Crippen molar-refractivity contribution in [2.24, 2.45) is 0 Å². The highest BCUT2D eigenvalue weighted by Gasteiger charge is 2.24. The van der Waals surface area contributed by atoms with Crippen LogP contribution >= 0.6 is 7.82 Å². The number of rotatable bonds is 32. The van der Waals surface area contributed by atoms with Crippen molar-refractivity contribution in [3.63, 3.8) is 0 Å². The van der Waals surface area contributed by atoms with Crippen LogP contribution in [0.3, 0.4) is 0 Å². The van der Waals surface area contributed by atoms with E-state index in [0.29, 0.717) is 6.42 Å². The lowest BCUT2D eigenvalue weighted by atomic mass is 10.0. The molecule has 1 amide bonds. The van der Waals surface area contributed by atoms with Gasteiger partial charge in [0.25, 0.3) is 0 Å². The number of nitrogens with one attached hydrogen (secondary N) is 1. The highest BCUT2D eigenvalue weighted by molar-refractivity contribution is 7.46. The summed E-state index contributed by atoms with van der Waals surface area (Å²) in [5, 5.41) is 13.3. The van der Waals surface area contributed by atoms with Crippen LogP contribution in [0.15, 0.2) is 12.2 Å². The molecule has 0 bridgehead atoms. The number of aliphatic hydroxyl groups is 1. The second kappa shape index (κ2) is 30.3. The quantitative estimate of drug-likeness (QED) is 0.0339. The molecule has 0 fully saturated rings. The molecule has 0 heterocycles. The molecule has 0 saturated carbocycles. The lowest BCUT2D eigenvalue weighted by Gasteiger charge is -2.22. The van der Waals surface area contributed by atoms with Crippen LogP contribution in [0.1, 0.15) is 181 Å². The first-order valence-electron chi connectivity index (χ1n) is 17.6. The van der Waals surface area contributed by atoms with Crippen LogP contribution in [0.5, 0.6) is 0 Å². The average Bonchev–Trinajstić information content (AvgIpc) is 2.95. The summed E-state index contributed by atoms with van der Waals surface area (Å²) in [6.45, 7) is 4.05. The second-order valence-corrected chi connectivity index (χ2v) is 13.4. The number of aliphatic hydroxyl groups excluding tert-OH is 1. The number of allylic oxidation sites excluding steroid dienone is 1. The van der Waals surface area contributed by atoms with Crippen LogP contribution < -0.4 is 5.32 Å². The van der Waals surface area contributed by atoms with Gasteiger partial charge in [-0.1, -0.05) is 167 Å². The number of carbonyl (C=O) groups excluding carboxylic acids is 1. The molecule has 0 aromatic heterocycles. The van der Waals surface area contributed by atoms with Gasteiger partial charge in [0.15, 0.2) is 0 Å². The Labute approximate surface area is 259 Å². The fraction of sp³-hybridized carbons (Fsp3) is 0.912. The van der Waals surface area contributed by atoms with E-state index in [0.717, 1.165) is 38.5 Å². The van der Waals surface area contributed by atoms with Crippen molar-refractivity contribution in [1.29, 1.82) is 0 Å². The molecule has 4 N–H and O–H groups in total. The zero-order valence-corrected chi connectivity index (χ0v) is 28.3. The molecule has 0 saturated heterocycles. The highest BCUT2D eigenvalue weighted by atomic mass is 31.2. The highest BCUT2D eigenvalue weighted by Crippen LogP contribution is 2.35. The Morgan fingerprint density at radius 2 is 1.05 bits per heavy atom. The molecule has 0 aliphatic heterocycles. The van der Waals surface area contributed by atoms with Crippen molar-refractivity contribution >= 4 is 13.7 Å². The van der Waals surface area contributed by atoms with Crippen LogP contribution in [-0.4, -0.2) is 39.6 Å². The Kier molecular flexibility index (Phi) is 29.8. The Hall–Kier alpha value is -0.720. The number of hydrogen-bond acceptors (Lipinski definition) is 4. The third-order valence-corrected chi connectivity index (χ3v) is 8.48. The van der Waals surface area contributed by atoms with Crippen LogP contribution in [0.25, 0.3) is 0 Å². The van der Waals surface area contributed by atoms with Crippen molar-refractivity contribution < 1.29 is 28.8 Å². The minimum atomic E-state index is -4.70. The van der Waals surface area contributed by atoms with Gasteiger partial charge in [-0.2, -0.15) is 0 Å². The molecule has 0 aromatic carbocycles. The number of carbonyl (C=O) groups is 1. The molecule has 0 spiro atoms. The second-order valence-electron chi connectivity index (χ2n) is 12.2. The van der Waals surface area contributed by atoms with E-state index in [2.05, 4.69) is 23.7 Å². The lowest BCUT2D eigenvalue weighted by molar-refractivity contribution is -0.123. The summed E-state index contributed by atoms with van der Waals surface area (Å²) in [6.07, 6.45) is 33.7. The zero-order chi connectivity index (χ0) is 31.2. The third-order valence-electron chi connectivity index (χ3n) is 8.00. The standard InChI is InChI=1S/C34H68NO6P/c1-3-5-7-9-11-13-15-17-18-20-22-24-26-28-30-34(37)35-32(31-41-42(38,39)40)33(36)29-27-25-23-21-19-16-14-12-10-8-6-4-2/h27,29,32-33,36H,3-26,28,30-31H2,1-2H3,(H,35,37)(H2,38,39,40)/b29-27+/t32-,33+/m0/s1. The molecule has 0 unspecified atom stereocenters. The van der Waals surface area contributed by atoms with Crippen LogP contribution in [-0.2, 0) is 13.9 Å². The molecule has 2 atom stereocenters. The van der Waals surface area contributed by atoms with Gasteiger partial charge in [0.2, 0.25) is 5.91 Å². The van der Waals surface area contributed by atoms with Crippen molar-refractivity contribution in [3.05, 3.63) is 12.2 Å². The van der Waals surface area contributed by atoms with Crippen LogP contribution in [0.4, 0.5) is 0 Å². The van der Waals surface area contributed by atoms with Crippen molar-refractivity contribution in [3.8, 4) is 0 Å². The van der Waals surface area contributed by atoms with Gasteiger partial charge in [-0.15, -0.1) is 0 Å². The van der Waals surface area contributed by atoms with Gasteiger partial charge in [0.1, 0.15) is 0 Å². The Balaban J connectivity index is 4.06. The molecule has 250 valence electrons. The predicted molar refractivity (Wildman–Crippen MR) is 176 cm³/mol. The summed E-state index contributed by atoms with van der Waals surface area (Å²) in [6, 6.07) is -0.902. The Morgan fingerprint density at radius 3 is 1.45 bits per heavy atom. The summed E-state index contributed by atoms with van der Waals surface area (Å²) in [7, 11) is -4.70. The minimum Gasteiger partial charge on any atom is -0.387 e. The lowest BCUT2D eigenvalue weighted by Crippen LogP contribution is -2.45. The predicted octanol–water partition coefficient (Wildman–Crippen LogP) is 9.68. The maximum atomic E-state index is 12.5. The molecule has 42 heavy (non-hydrogen) atoms. The first-order chi connectivity index (χ1) is 20.3. The summed E-state index contributed by atoms with van der Waals surface area (Å²) in [5.41, 5.74) is 0. The molecule has 0 aliphatic rings. The van der Waals surface area contributed by atoms with E-state index in [1.807, 2.05) is 6.08 Å². The molecular formula is C34H68NO6P. The SMILES string of the molecule is CCCCCCCCCCCC/C=C/[C@@H](O)[C@H](COP(=O)(O)O)NC(=O)CCCCCCCCCCCCCCCC. The number of hydrogen-bond donors (Lipinski definition) is 4. The fourth-order valence-electron chi connectivity index (χ4n) is 5.28. The van der Waals surface area contributed by atoms with E-state index in [1.165, 1.54) is 122 Å². The van der Waals surface area contributed by atoms with Gasteiger partial charge in [-0.25, -0.2) is 4.57 Å². The first kappa shape index (κ1) is 41.3. The van der Waals surface area contributed by atoms with E-state index in [-0.39, 0.29) is 5.91 Å². The van der Waals surface area contributed by atoms with E-state index >= 15 is 0 Å². The normalized spacial score (nSPS) is 13.5. The third kappa shape index (κ3) is 30.7. The smallest absolute Gasteiger partial charge is 0.387 e. The van der Waals surface area contributed by atoms with Gasteiger partial charge in [0, 0.05) is 6.42 Å². The molecule has 0 rings (SSSR count). The van der Waals surface area contributed by atoms with Gasteiger partial charge < -0.3 is 20.2 Å². The van der Waals surface area contributed by atoms with Crippen molar-refractivity contribution in [2.75, 3.05) is 6.61 Å². The van der Waals surface area contributed by atoms with Crippen molar-refractivity contribution in [1.82, 2.24) is 5.32 Å². The summed E-state index contributed by atoms with van der Waals surface area (Å²) in [4.78, 5) is 30.7. The Morgan fingerprint density at radius 1 is 0.667 bits per heavy atom. The molecule has 0 aliphatic carbocycles. The van der Waals surface area contributed by atoms with E-state index in [1.54, 1.807) is 6.08 Å². The maximum absolute atomic E-state index is 12.5. The van der Waals surface area contributed by atoms with Gasteiger partial charge in [0.05, 0.1) is 18.8 Å². The Bertz CT molecular complexity index is 668. The molecule has 7 nitrogen and oxygen atoms in total.